The van der Waals surface area contributed by atoms with Crippen LogP contribution < -0.4 is 5.56 Å². The minimum atomic E-state index is -0.424. The van der Waals surface area contributed by atoms with E-state index in [1.165, 1.54) is 5.56 Å². The van der Waals surface area contributed by atoms with E-state index in [1.807, 2.05) is 31.2 Å². The number of aryl methyl sites for hydroxylation is 1. The second-order valence-corrected chi connectivity index (χ2v) is 8.22. The molecule has 3 N–H and O–H groups in total. The molecule has 3 heterocycles. The summed E-state index contributed by atoms with van der Waals surface area (Å²) >= 11 is 0. The van der Waals surface area contributed by atoms with E-state index in [1.54, 1.807) is 4.90 Å². The van der Waals surface area contributed by atoms with Gasteiger partial charge in [0.15, 0.2) is 0 Å². The number of allylic oxidation sites excluding steroid dienone is 1. The summed E-state index contributed by atoms with van der Waals surface area (Å²) in [5.74, 6) is -0.203. The first-order valence-corrected chi connectivity index (χ1v) is 11.1. The van der Waals surface area contributed by atoms with Crippen molar-refractivity contribution in [1.29, 1.82) is 0 Å². The van der Waals surface area contributed by atoms with Crippen molar-refractivity contribution in [2.75, 3.05) is 32.8 Å². The molecule has 1 fully saturated rings. The SMILES string of the molecule is C/C=C\c1[nH]c(=O)c(-c2cc3cc(CN4CCN(C(=O)CO)CC4)ccc3[nH]2)cc1CC. The lowest BCUT2D eigenvalue weighted by Gasteiger charge is -2.34. The van der Waals surface area contributed by atoms with Gasteiger partial charge in [-0.3, -0.25) is 14.5 Å². The number of hydrogen-bond acceptors (Lipinski definition) is 4. The van der Waals surface area contributed by atoms with Gasteiger partial charge in [0.2, 0.25) is 5.91 Å². The number of benzene rings is 1. The molecule has 3 aromatic rings. The third-order valence-electron chi connectivity index (χ3n) is 6.11. The van der Waals surface area contributed by atoms with Crippen LogP contribution in [0.3, 0.4) is 0 Å². The molecule has 7 heteroatoms. The fourth-order valence-corrected chi connectivity index (χ4v) is 4.33. The molecular formula is C25H30N4O3. The van der Waals surface area contributed by atoms with E-state index >= 15 is 0 Å². The van der Waals surface area contributed by atoms with Gasteiger partial charge in [0, 0.05) is 49.3 Å². The quantitative estimate of drug-likeness (QED) is 0.556. The third-order valence-corrected chi connectivity index (χ3v) is 6.11. The van der Waals surface area contributed by atoms with E-state index in [2.05, 4.69) is 40.0 Å². The number of hydrogen-bond donors (Lipinski definition) is 3. The fourth-order valence-electron chi connectivity index (χ4n) is 4.33. The maximum atomic E-state index is 12.7. The zero-order valence-electron chi connectivity index (χ0n) is 18.6. The van der Waals surface area contributed by atoms with Crippen molar-refractivity contribution in [3.05, 3.63) is 63.6 Å². The Labute approximate surface area is 187 Å². The van der Waals surface area contributed by atoms with Gasteiger partial charge < -0.3 is 20.0 Å². The number of nitrogens with one attached hydrogen (secondary N) is 2. The Morgan fingerprint density at radius 1 is 1.12 bits per heavy atom. The number of rotatable bonds is 6. The first-order chi connectivity index (χ1) is 15.5. The van der Waals surface area contributed by atoms with Gasteiger partial charge in [0.1, 0.15) is 6.61 Å². The molecule has 0 aliphatic carbocycles. The van der Waals surface area contributed by atoms with E-state index in [4.69, 9.17) is 5.11 Å². The second kappa shape index (κ2) is 9.54. The van der Waals surface area contributed by atoms with Crippen molar-refractivity contribution in [1.82, 2.24) is 19.8 Å². The summed E-state index contributed by atoms with van der Waals surface area (Å²) in [5, 5.41) is 10.1. The summed E-state index contributed by atoms with van der Waals surface area (Å²) in [6.07, 6.45) is 4.70. The third kappa shape index (κ3) is 4.54. The number of nitrogens with zero attached hydrogens (tertiary/aromatic N) is 2. The van der Waals surface area contributed by atoms with Gasteiger partial charge in [-0.15, -0.1) is 0 Å². The number of fused-ring (bicyclic) bond motifs is 1. The van der Waals surface area contributed by atoms with Crippen LogP contribution in [-0.2, 0) is 17.8 Å². The Kier molecular flexibility index (Phi) is 6.58. The molecule has 7 nitrogen and oxygen atoms in total. The van der Waals surface area contributed by atoms with E-state index in [9.17, 15) is 9.59 Å². The zero-order chi connectivity index (χ0) is 22.7. The Hall–Kier alpha value is -3.16. The topological polar surface area (TPSA) is 92.4 Å². The molecule has 0 bridgehead atoms. The van der Waals surface area contributed by atoms with E-state index < -0.39 is 6.61 Å². The molecule has 1 aliphatic heterocycles. The highest BCUT2D eigenvalue weighted by Gasteiger charge is 2.20. The molecule has 0 saturated carbocycles. The summed E-state index contributed by atoms with van der Waals surface area (Å²) in [6.45, 7) is 7.26. The van der Waals surface area contributed by atoms with Crippen LogP contribution in [0.15, 0.2) is 41.2 Å². The van der Waals surface area contributed by atoms with Crippen molar-refractivity contribution in [2.45, 2.75) is 26.8 Å². The largest absolute Gasteiger partial charge is 0.387 e. The number of aromatic amines is 2. The number of carbonyl (C=O) groups is 1. The highest BCUT2D eigenvalue weighted by Crippen LogP contribution is 2.25. The molecular weight excluding hydrogens is 404 g/mol. The molecule has 32 heavy (non-hydrogen) atoms. The number of pyridine rings is 1. The van der Waals surface area contributed by atoms with Gasteiger partial charge >= 0.3 is 0 Å². The van der Waals surface area contributed by atoms with Crippen LogP contribution >= 0.6 is 0 Å². The van der Waals surface area contributed by atoms with Crippen LogP contribution in [0.2, 0.25) is 0 Å². The van der Waals surface area contributed by atoms with Crippen LogP contribution in [0.4, 0.5) is 0 Å². The number of H-pyrrole nitrogens is 2. The summed E-state index contributed by atoms with van der Waals surface area (Å²) in [6, 6.07) is 10.3. The Balaban J connectivity index is 1.54. The lowest BCUT2D eigenvalue weighted by atomic mass is 10.1. The van der Waals surface area contributed by atoms with Gasteiger partial charge in [-0.2, -0.15) is 0 Å². The average Bonchev–Trinajstić information content (AvgIpc) is 3.22. The monoisotopic (exact) mass is 434 g/mol. The number of aliphatic hydroxyl groups excluding tert-OH is 1. The van der Waals surface area contributed by atoms with E-state index in [0.717, 1.165) is 53.9 Å². The van der Waals surface area contributed by atoms with Crippen molar-refractivity contribution >= 4 is 22.9 Å². The molecule has 0 radical (unpaired) electrons. The Bertz CT molecular complexity index is 1200. The summed E-state index contributed by atoms with van der Waals surface area (Å²) in [7, 11) is 0. The molecule has 1 aliphatic rings. The normalized spacial score (nSPS) is 15.2. The first-order valence-electron chi connectivity index (χ1n) is 11.1. The number of amides is 1. The van der Waals surface area contributed by atoms with Crippen LogP contribution in [0.1, 0.15) is 30.7 Å². The molecule has 0 atom stereocenters. The lowest BCUT2D eigenvalue weighted by Crippen LogP contribution is -2.49. The minimum Gasteiger partial charge on any atom is -0.387 e. The Morgan fingerprint density at radius 3 is 2.59 bits per heavy atom. The van der Waals surface area contributed by atoms with E-state index in [0.29, 0.717) is 18.7 Å². The lowest BCUT2D eigenvalue weighted by molar-refractivity contribution is -0.135. The molecule has 0 unspecified atom stereocenters. The summed E-state index contributed by atoms with van der Waals surface area (Å²) in [4.78, 5) is 34.8. The Morgan fingerprint density at radius 2 is 1.91 bits per heavy atom. The van der Waals surface area contributed by atoms with Gasteiger partial charge in [-0.05, 0) is 54.8 Å². The van der Waals surface area contributed by atoms with Crippen molar-refractivity contribution in [3.63, 3.8) is 0 Å². The van der Waals surface area contributed by atoms with Gasteiger partial charge in [0.25, 0.3) is 5.56 Å². The second-order valence-electron chi connectivity index (χ2n) is 8.22. The first kappa shape index (κ1) is 22.0. The minimum absolute atomic E-state index is 0.0997. The standard InChI is InChI=1S/C25H30N4O3/c1-3-5-21-18(4-2)13-20(25(32)27-21)23-14-19-12-17(6-7-22(19)26-23)15-28-8-10-29(11-9-28)24(31)16-30/h3,5-7,12-14,26,30H,4,8-11,15-16H2,1-2H3,(H,27,32)/b5-3-. The molecule has 4 rings (SSSR count). The molecule has 1 saturated heterocycles. The number of aliphatic hydroxyl groups is 1. The van der Waals surface area contributed by atoms with Crippen molar-refractivity contribution in [3.8, 4) is 11.3 Å². The number of piperazine rings is 1. The molecule has 168 valence electrons. The fraction of sp³-hybridized carbons (Fsp3) is 0.360. The highest BCUT2D eigenvalue weighted by molar-refractivity contribution is 5.86. The summed E-state index contributed by atoms with van der Waals surface area (Å²) < 4.78 is 0. The average molecular weight is 435 g/mol. The van der Waals surface area contributed by atoms with E-state index in [-0.39, 0.29) is 11.5 Å². The number of aromatic nitrogens is 2. The zero-order valence-corrected chi connectivity index (χ0v) is 18.6. The van der Waals surface area contributed by atoms with Crippen LogP contribution in [-0.4, -0.2) is 63.6 Å². The predicted molar refractivity (Wildman–Crippen MR) is 127 cm³/mol. The van der Waals surface area contributed by atoms with Gasteiger partial charge in [-0.25, -0.2) is 0 Å². The molecule has 0 spiro atoms. The molecule has 1 aromatic carbocycles. The number of carbonyl (C=O) groups excluding carboxylic acids is 1. The smallest absolute Gasteiger partial charge is 0.257 e. The van der Waals surface area contributed by atoms with Crippen LogP contribution in [0, 0.1) is 0 Å². The van der Waals surface area contributed by atoms with Crippen molar-refractivity contribution in [2.24, 2.45) is 0 Å². The molecule has 1 amide bonds. The predicted octanol–water partition coefficient (Wildman–Crippen LogP) is 2.76. The van der Waals surface area contributed by atoms with Crippen LogP contribution in [0.25, 0.3) is 28.2 Å². The van der Waals surface area contributed by atoms with Gasteiger partial charge in [-0.1, -0.05) is 19.1 Å². The maximum Gasteiger partial charge on any atom is 0.257 e. The maximum absolute atomic E-state index is 12.7. The highest BCUT2D eigenvalue weighted by atomic mass is 16.3. The van der Waals surface area contributed by atoms with Crippen LogP contribution in [0.5, 0.6) is 0 Å². The van der Waals surface area contributed by atoms with Gasteiger partial charge in [0.05, 0.1) is 11.3 Å². The summed E-state index contributed by atoms with van der Waals surface area (Å²) in [5.41, 5.74) is 5.53. The van der Waals surface area contributed by atoms with Crippen molar-refractivity contribution < 1.29 is 9.90 Å². The molecule has 2 aromatic heterocycles.